The molecule has 0 unspecified atom stereocenters. The van der Waals surface area contributed by atoms with Gasteiger partial charge in [0.25, 0.3) is 0 Å². The number of rotatable bonds is 0. The average Bonchev–Trinajstić information content (AvgIpc) is 1.86. The molecule has 0 aromatic rings. The van der Waals surface area contributed by atoms with Crippen LogP contribution in [0, 0.1) is 0 Å². The van der Waals surface area contributed by atoms with E-state index in [-0.39, 0.29) is 0 Å². The number of hydrogen-bond donors (Lipinski definition) is 2. The van der Waals surface area contributed by atoms with E-state index in [9.17, 15) is 5.11 Å². The van der Waals surface area contributed by atoms with Gasteiger partial charge in [0.15, 0.2) is 0 Å². The van der Waals surface area contributed by atoms with Gasteiger partial charge in [0.1, 0.15) is 0 Å². The van der Waals surface area contributed by atoms with Crippen molar-refractivity contribution < 1.29 is 10.2 Å². The first kappa shape index (κ1) is 6.05. The molecule has 1 saturated carbocycles. The molecule has 0 amide bonds. The van der Waals surface area contributed by atoms with Crippen molar-refractivity contribution >= 4 is 0 Å². The van der Waals surface area contributed by atoms with E-state index in [1.807, 2.05) is 0 Å². The largest absolute Gasteiger partial charge is 0.390 e. The molecule has 1 aliphatic carbocycles. The molecule has 0 bridgehead atoms. The van der Waals surface area contributed by atoms with Crippen LogP contribution < -0.4 is 0 Å². The van der Waals surface area contributed by atoms with Crippen LogP contribution in [-0.4, -0.2) is 21.9 Å². The maximum absolute atomic E-state index is 9.21. The minimum absolute atomic E-state index is 0.484. The van der Waals surface area contributed by atoms with Crippen LogP contribution in [0.15, 0.2) is 0 Å². The van der Waals surface area contributed by atoms with Gasteiger partial charge in [0, 0.05) is 0 Å². The summed E-state index contributed by atoms with van der Waals surface area (Å²) in [6, 6.07) is 0. The zero-order valence-electron chi connectivity index (χ0n) is 5.09. The Morgan fingerprint density at radius 2 is 2.25 bits per heavy atom. The Labute approximate surface area is 49.1 Å². The van der Waals surface area contributed by atoms with Crippen molar-refractivity contribution in [2.75, 3.05) is 0 Å². The molecule has 0 aliphatic heterocycles. The molecule has 1 fully saturated rings. The second-order valence-electron chi connectivity index (χ2n) is 2.77. The normalized spacial score (nSPS) is 47.6. The van der Waals surface area contributed by atoms with E-state index in [4.69, 9.17) is 5.11 Å². The van der Waals surface area contributed by atoms with Gasteiger partial charge in [-0.2, -0.15) is 0 Å². The summed E-state index contributed by atoms with van der Waals surface area (Å²) in [5.41, 5.74) is -0.792. The van der Waals surface area contributed by atoms with Gasteiger partial charge < -0.3 is 10.2 Å². The summed E-state index contributed by atoms with van der Waals surface area (Å²) in [4.78, 5) is 0. The molecule has 0 aromatic heterocycles. The smallest absolute Gasteiger partial charge is 0.0877 e. The highest BCUT2D eigenvalue weighted by molar-refractivity contribution is 4.87. The summed E-state index contributed by atoms with van der Waals surface area (Å²) in [6.07, 6.45) is 1.97. The van der Waals surface area contributed by atoms with Crippen LogP contribution in [0.3, 0.4) is 0 Å². The SMILES string of the molecule is C[C@@]1(O)CCC[C@@H]1O. The van der Waals surface area contributed by atoms with Crippen molar-refractivity contribution in [3.63, 3.8) is 0 Å². The van der Waals surface area contributed by atoms with Gasteiger partial charge >= 0.3 is 0 Å². The molecule has 8 heavy (non-hydrogen) atoms. The van der Waals surface area contributed by atoms with E-state index in [1.165, 1.54) is 0 Å². The number of aliphatic hydroxyl groups is 2. The topological polar surface area (TPSA) is 40.5 Å². The Kier molecular flexibility index (Phi) is 1.29. The molecule has 0 aromatic carbocycles. The summed E-state index contributed by atoms with van der Waals surface area (Å²) in [7, 11) is 0. The maximum atomic E-state index is 9.21. The predicted octanol–water partition coefficient (Wildman–Crippen LogP) is 0.282. The highest BCUT2D eigenvalue weighted by Crippen LogP contribution is 2.28. The lowest BCUT2D eigenvalue weighted by Gasteiger charge is -2.19. The van der Waals surface area contributed by atoms with Crippen molar-refractivity contribution in [1.29, 1.82) is 0 Å². The van der Waals surface area contributed by atoms with Gasteiger partial charge in [0.2, 0.25) is 0 Å². The summed E-state index contributed by atoms with van der Waals surface area (Å²) in [5.74, 6) is 0. The summed E-state index contributed by atoms with van der Waals surface area (Å²) in [6.45, 7) is 1.69. The third kappa shape index (κ3) is 0.858. The van der Waals surface area contributed by atoms with Crippen LogP contribution in [0.25, 0.3) is 0 Å². The zero-order valence-corrected chi connectivity index (χ0v) is 5.09. The highest BCUT2D eigenvalue weighted by Gasteiger charge is 2.34. The van der Waals surface area contributed by atoms with E-state index in [2.05, 4.69) is 0 Å². The third-order valence-corrected chi connectivity index (χ3v) is 1.88. The molecule has 2 heteroatoms. The summed E-state index contributed by atoms with van der Waals surface area (Å²) < 4.78 is 0. The van der Waals surface area contributed by atoms with Gasteiger partial charge in [-0.15, -0.1) is 0 Å². The molecular formula is C6H12O2. The lowest BCUT2D eigenvalue weighted by atomic mass is 10.0. The second kappa shape index (κ2) is 1.71. The first-order chi connectivity index (χ1) is 3.63. The first-order valence-corrected chi connectivity index (χ1v) is 3.03. The quantitative estimate of drug-likeness (QED) is 0.477. The molecular weight excluding hydrogens is 104 g/mol. The van der Waals surface area contributed by atoms with Crippen molar-refractivity contribution in [1.82, 2.24) is 0 Å². The van der Waals surface area contributed by atoms with Crippen LogP contribution in [0.5, 0.6) is 0 Å². The fourth-order valence-corrected chi connectivity index (χ4v) is 1.13. The van der Waals surface area contributed by atoms with E-state index in [0.717, 1.165) is 19.3 Å². The van der Waals surface area contributed by atoms with Crippen LogP contribution in [0.4, 0.5) is 0 Å². The van der Waals surface area contributed by atoms with Crippen LogP contribution >= 0.6 is 0 Å². The molecule has 1 rings (SSSR count). The van der Waals surface area contributed by atoms with Gasteiger partial charge in [-0.25, -0.2) is 0 Å². The van der Waals surface area contributed by atoms with Gasteiger partial charge in [0.05, 0.1) is 11.7 Å². The molecule has 0 radical (unpaired) electrons. The van der Waals surface area contributed by atoms with Gasteiger partial charge in [-0.05, 0) is 26.2 Å². The molecule has 2 N–H and O–H groups in total. The minimum atomic E-state index is -0.792. The Morgan fingerprint density at radius 1 is 1.62 bits per heavy atom. The third-order valence-electron chi connectivity index (χ3n) is 1.88. The molecule has 0 heterocycles. The Bertz CT molecular complexity index is 88.5. The molecule has 2 atom stereocenters. The van der Waals surface area contributed by atoms with Crippen LogP contribution in [-0.2, 0) is 0 Å². The lowest BCUT2D eigenvalue weighted by molar-refractivity contribution is -0.0382. The van der Waals surface area contributed by atoms with E-state index in [0.29, 0.717) is 0 Å². The molecule has 48 valence electrons. The van der Waals surface area contributed by atoms with Gasteiger partial charge in [-0.3, -0.25) is 0 Å². The minimum Gasteiger partial charge on any atom is -0.390 e. The molecule has 1 aliphatic rings. The van der Waals surface area contributed by atoms with Crippen molar-refractivity contribution in [2.24, 2.45) is 0 Å². The summed E-state index contributed by atoms with van der Waals surface area (Å²) in [5, 5.41) is 18.2. The van der Waals surface area contributed by atoms with Crippen molar-refractivity contribution in [2.45, 2.75) is 37.9 Å². The molecule has 2 nitrogen and oxygen atoms in total. The van der Waals surface area contributed by atoms with E-state index >= 15 is 0 Å². The molecule has 0 spiro atoms. The van der Waals surface area contributed by atoms with E-state index in [1.54, 1.807) is 6.92 Å². The highest BCUT2D eigenvalue weighted by atomic mass is 16.3. The number of aliphatic hydroxyl groups excluding tert-OH is 1. The Balaban J connectivity index is 2.54. The van der Waals surface area contributed by atoms with Crippen LogP contribution in [0.1, 0.15) is 26.2 Å². The summed E-state index contributed by atoms with van der Waals surface area (Å²) >= 11 is 0. The maximum Gasteiger partial charge on any atom is 0.0877 e. The second-order valence-corrected chi connectivity index (χ2v) is 2.77. The van der Waals surface area contributed by atoms with Crippen molar-refractivity contribution in [3.8, 4) is 0 Å². The fraction of sp³-hybridized carbons (Fsp3) is 1.00. The molecule has 0 saturated heterocycles. The number of hydrogen-bond acceptors (Lipinski definition) is 2. The Morgan fingerprint density at radius 3 is 2.38 bits per heavy atom. The zero-order chi connectivity index (χ0) is 6.20. The van der Waals surface area contributed by atoms with Crippen LogP contribution in [0.2, 0.25) is 0 Å². The van der Waals surface area contributed by atoms with Crippen molar-refractivity contribution in [3.05, 3.63) is 0 Å². The standard InChI is InChI=1S/C6H12O2/c1-6(8)4-2-3-5(6)7/h5,7-8H,2-4H2,1H3/t5-,6+/m0/s1. The van der Waals surface area contributed by atoms with Gasteiger partial charge in [-0.1, -0.05) is 0 Å². The Hall–Kier alpha value is -0.0800. The van der Waals surface area contributed by atoms with E-state index < -0.39 is 11.7 Å². The average molecular weight is 116 g/mol. The fourth-order valence-electron chi connectivity index (χ4n) is 1.13. The predicted molar refractivity (Wildman–Crippen MR) is 30.5 cm³/mol. The monoisotopic (exact) mass is 116 g/mol. The first-order valence-electron chi connectivity index (χ1n) is 3.03. The lowest BCUT2D eigenvalue weighted by Crippen LogP contribution is -2.32.